The van der Waals surface area contributed by atoms with Gasteiger partial charge in [-0.3, -0.25) is 4.79 Å². The van der Waals surface area contributed by atoms with Crippen LogP contribution in [0.1, 0.15) is 53.9 Å². The van der Waals surface area contributed by atoms with E-state index >= 15 is 0 Å². The maximum Gasteiger partial charge on any atom is 0.328 e. The number of ether oxygens (including phenoxy) is 1. The topological polar surface area (TPSA) is 72.6 Å². The number of methoxy groups -OCH3 is 1. The van der Waals surface area contributed by atoms with Gasteiger partial charge in [0, 0.05) is 6.04 Å². The molecule has 3 atom stereocenters. The highest BCUT2D eigenvalue weighted by atomic mass is 16.5. The van der Waals surface area contributed by atoms with Gasteiger partial charge in [-0.15, -0.1) is 0 Å². The third-order valence-corrected chi connectivity index (χ3v) is 5.04. The van der Waals surface area contributed by atoms with E-state index in [1.807, 2.05) is 0 Å². The third-order valence-electron chi connectivity index (χ3n) is 5.04. The first-order valence-corrected chi connectivity index (χ1v) is 7.88. The first-order valence-electron chi connectivity index (χ1n) is 7.88. The zero-order chi connectivity index (χ0) is 15.9. The minimum Gasteiger partial charge on any atom is -0.467 e. The van der Waals surface area contributed by atoms with Crippen molar-refractivity contribution >= 4 is 11.9 Å². The Kier molecular flexibility index (Phi) is 3.93. The SMILES string of the molecule is COC(=O)[C@@H]1C[C@@H]2CCCC[C@@H]2N1C(=O)c1c(C)noc1C. The molecule has 3 rings (SSSR count). The standard InChI is InChI=1S/C16H22N2O4/c1-9-14(10(2)22-17-9)15(19)18-12-7-5-4-6-11(12)8-13(18)16(20)21-3/h11-13H,4-8H2,1-3H3/t11-,12-,13-/m0/s1. The van der Waals surface area contributed by atoms with Gasteiger partial charge in [0.05, 0.1) is 12.8 Å². The summed E-state index contributed by atoms with van der Waals surface area (Å²) >= 11 is 0. The molecular formula is C16H22N2O4. The number of esters is 1. The van der Waals surface area contributed by atoms with Gasteiger partial charge in [0.2, 0.25) is 0 Å². The lowest BCUT2D eigenvalue weighted by molar-refractivity contribution is -0.145. The number of rotatable bonds is 2. The first kappa shape index (κ1) is 15.1. The molecule has 0 spiro atoms. The Labute approximate surface area is 129 Å². The smallest absolute Gasteiger partial charge is 0.328 e. The number of hydrogen-bond donors (Lipinski definition) is 0. The fourth-order valence-corrected chi connectivity index (χ4v) is 4.02. The van der Waals surface area contributed by atoms with Crippen LogP contribution in [0, 0.1) is 19.8 Å². The molecule has 0 aromatic carbocycles. The molecule has 1 amide bonds. The first-order chi connectivity index (χ1) is 10.5. The van der Waals surface area contributed by atoms with Crippen molar-refractivity contribution in [2.24, 2.45) is 5.92 Å². The summed E-state index contributed by atoms with van der Waals surface area (Å²) in [6.07, 6.45) is 4.99. The molecule has 1 saturated carbocycles. The molecule has 1 aliphatic carbocycles. The number of aryl methyl sites for hydroxylation is 2. The highest BCUT2D eigenvalue weighted by Gasteiger charge is 2.48. The van der Waals surface area contributed by atoms with Crippen LogP contribution in [0.15, 0.2) is 4.52 Å². The van der Waals surface area contributed by atoms with E-state index in [1.54, 1.807) is 18.7 Å². The second-order valence-corrected chi connectivity index (χ2v) is 6.30. The summed E-state index contributed by atoms with van der Waals surface area (Å²) in [4.78, 5) is 26.9. The van der Waals surface area contributed by atoms with Gasteiger partial charge in [0.25, 0.3) is 5.91 Å². The van der Waals surface area contributed by atoms with E-state index in [-0.39, 0.29) is 17.9 Å². The van der Waals surface area contributed by atoms with Crippen LogP contribution in [0.3, 0.4) is 0 Å². The molecule has 6 heteroatoms. The van der Waals surface area contributed by atoms with Crippen LogP contribution in [0.2, 0.25) is 0 Å². The predicted molar refractivity (Wildman–Crippen MR) is 78.3 cm³/mol. The van der Waals surface area contributed by atoms with Gasteiger partial charge in [0.1, 0.15) is 17.4 Å². The van der Waals surface area contributed by atoms with Crippen LogP contribution < -0.4 is 0 Å². The largest absolute Gasteiger partial charge is 0.467 e. The van der Waals surface area contributed by atoms with Crippen LogP contribution in [0.4, 0.5) is 0 Å². The summed E-state index contributed by atoms with van der Waals surface area (Å²) in [7, 11) is 1.38. The monoisotopic (exact) mass is 306 g/mol. The molecule has 6 nitrogen and oxygen atoms in total. The van der Waals surface area contributed by atoms with Crippen molar-refractivity contribution in [3.63, 3.8) is 0 Å². The number of amides is 1. The van der Waals surface area contributed by atoms with Crippen LogP contribution >= 0.6 is 0 Å². The number of carbonyl (C=O) groups is 2. The van der Waals surface area contributed by atoms with Gasteiger partial charge in [-0.05, 0) is 39.0 Å². The van der Waals surface area contributed by atoms with Crippen LogP contribution in [-0.4, -0.2) is 41.1 Å². The van der Waals surface area contributed by atoms with Gasteiger partial charge in [0.15, 0.2) is 0 Å². The van der Waals surface area contributed by atoms with E-state index in [0.717, 1.165) is 19.3 Å². The van der Waals surface area contributed by atoms with Crippen molar-refractivity contribution in [1.29, 1.82) is 0 Å². The second-order valence-electron chi connectivity index (χ2n) is 6.30. The number of likely N-dealkylation sites (tertiary alicyclic amines) is 1. The second kappa shape index (κ2) is 5.74. The minimum atomic E-state index is -0.487. The van der Waals surface area contributed by atoms with Crippen molar-refractivity contribution in [2.45, 2.75) is 58.0 Å². The average Bonchev–Trinajstić information content (AvgIpc) is 3.06. The Hall–Kier alpha value is -1.85. The molecule has 1 saturated heterocycles. The van der Waals surface area contributed by atoms with Crippen molar-refractivity contribution in [2.75, 3.05) is 7.11 Å². The van der Waals surface area contributed by atoms with Crippen molar-refractivity contribution in [3.05, 3.63) is 17.0 Å². The Morgan fingerprint density at radius 2 is 2.00 bits per heavy atom. The number of nitrogens with zero attached hydrogens (tertiary/aromatic N) is 2. The van der Waals surface area contributed by atoms with Gasteiger partial charge >= 0.3 is 5.97 Å². The summed E-state index contributed by atoms with van der Waals surface area (Å²) in [6.45, 7) is 3.49. The Morgan fingerprint density at radius 1 is 1.27 bits per heavy atom. The molecule has 120 valence electrons. The van der Waals surface area contributed by atoms with Gasteiger partial charge in [-0.25, -0.2) is 4.79 Å². The zero-order valence-corrected chi connectivity index (χ0v) is 13.3. The molecule has 0 radical (unpaired) electrons. The Bertz CT molecular complexity index is 575. The molecule has 2 heterocycles. The molecule has 0 N–H and O–H groups in total. The van der Waals surface area contributed by atoms with Gasteiger partial charge in [-0.1, -0.05) is 18.0 Å². The lowest BCUT2D eigenvalue weighted by atomic mass is 9.84. The number of aromatic nitrogens is 1. The lowest BCUT2D eigenvalue weighted by Crippen LogP contribution is -2.46. The molecule has 1 aliphatic heterocycles. The third kappa shape index (κ3) is 2.30. The summed E-state index contributed by atoms with van der Waals surface area (Å²) in [5.41, 5.74) is 1.06. The molecule has 0 bridgehead atoms. The summed E-state index contributed by atoms with van der Waals surface area (Å²) in [5, 5.41) is 3.86. The van der Waals surface area contributed by atoms with Gasteiger partial charge in [-0.2, -0.15) is 0 Å². The molecule has 1 aromatic heterocycles. The number of carbonyl (C=O) groups excluding carboxylic acids is 2. The average molecular weight is 306 g/mol. The van der Waals surface area contributed by atoms with Gasteiger partial charge < -0.3 is 14.2 Å². The Morgan fingerprint density at radius 3 is 2.64 bits per heavy atom. The maximum absolute atomic E-state index is 13.1. The van der Waals surface area contributed by atoms with E-state index in [0.29, 0.717) is 29.4 Å². The van der Waals surface area contributed by atoms with Crippen molar-refractivity contribution in [3.8, 4) is 0 Å². The van der Waals surface area contributed by atoms with E-state index in [1.165, 1.54) is 13.5 Å². The van der Waals surface area contributed by atoms with Crippen LogP contribution in [-0.2, 0) is 9.53 Å². The Balaban J connectivity index is 1.96. The predicted octanol–water partition coefficient (Wildman–Crippen LogP) is 2.24. The maximum atomic E-state index is 13.1. The number of fused-ring (bicyclic) bond motifs is 1. The minimum absolute atomic E-state index is 0.124. The zero-order valence-electron chi connectivity index (χ0n) is 13.3. The molecule has 2 aliphatic rings. The van der Waals surface area contributed by atoms with Crippen LogP contribution in [0.25, 0.3) is 0 Å². The van der Waals surface area contributed by atoms with Crippen molar-refractivity contribution < 1.29 is 18.8 Å². The summed E-state index contributed by atoms with van der Waals surface area (Å²) in [5.74, 6) is 0.420. The fraction of sp³-hybridized carbons (Fsp3) is 0.688. The van der Waals surface area contributed by atoms with E-state index in [2.05, 4.69) is 5.16 Å². The molecule has 0 unspecified atom stereocenters. The molecule has 1 aromatic rings. The summed E-state index contributed by atoms with van der Waals surface area (Å²) in [6, 6.07) is -0.363. The normalized spacial score (nSPS) is 27.6. The number of hydrogen-bond acceptors (Lipinski definition) is 5. The lowest BCUT2D eigenvalue weighted by Gasteiger charge is -2.33. The molecule has 22 heavy (non-hydrogen) atoms. The highest BCUT2D eigenvalue weighted by molar-refractivity contribution is 5.99. The van der Waals surface area contributed by atoms with E-state index in [9.17, 15) is 9.59 Å². The fourth-order valence-electron chi connectivity index (χ4n) is 4.02. The van der Waals surface area contributed by atoms with Crippen molar-refractivity contribution in [1.82, 2.24) is 10.1 Å². The van der Waals surface area contributed by atoms with E-state index in [4.69, 9.17) is 9.26 Å². The van der Waals surface area contributed by atoms with Crippen LogP contribution in [0.5, 0.6) is 0 Å². The molecule has 2 fully saturated rings. The van der Waals surface area contributed by atoms with E-state index < -0.39 is 6.04 Å². The highest BCUT2D eigenvalue weighted by Crippen LogP contribution is 2.41. The molecular weight excluding hydrogens is 284 g/mol. The quantitative estimate of drug-likeness (QED) is 0.783. The summed E-state index contributed by atoms with van der Waals surface area (Å²) < 4.78 is 10.0.